The number of hydrogen-bond acceptors (Lipinski definition) is 3. The zero-order valence-electron chi connectivity index (χ0n) is 13.9. The first kappa shape index (κ1) is 17.9. The van der Waals surface area contributed by atoms with E-state index in [1.54, 1.807) is 0 Å². The highest BCUT2D eigenvalue weighted by Crippen LogP contribution is 2.21. The number of H-pyrrole nitrogens is 1. The number of aromatic amines is 1. The molecular weight excluding hydrogens is 356 g/mol. The zero-order valence-corrected chi connectivity index (χ0v) is 15.5. The first-order chi connectivity index (χ1) is 11.0. The van der Waals surface area contributed by atoms with Crippen molar-refractivity contribution in [3.05, 3.63) is 61.2 Å². The van der Waals surface area contributed by atoms with Crippen LogP contribution in [0, 0.1) is 6.92 Å². The topological polar surface area (TPSA) is 55.0 Å². The van der Waals surface area contributed by atoms with Crippen LogP contribution in [0.1, 0.15) is 48.5 Å². The summed E-state index contributed by atoms with van der Waals surface area (Å²) in [5.74, 6) is 0.676. The number of nitrogens with one attached hydrogen (secondary N) is 1. The van der Waals surface area contributed by atoms with E-state index in [2.05, 4.69) is 38.9 Å². The van der Waals surface area contributed by atoms with Crippen LogP contribution in [0.25, 0.3) is 0 Å². The predicted molar refractivity (Wildman–Crippen MR) is 95.9 cm³/mol. The standard InChI is InChI=1S/C18H23BrN2O2/c1-4-6-17-15(18(22)21-12(3)20-17)10-13-7-8-16(19)14(9-13)11-23-5-2/h7-9H,4-6,10-11H2,1-3H3,(H,20,21,22). The summed E-state index contributed by atoms with van der Waals surface area (Å²) in [4.78, 5) is 19.7. The third-order valence-electron chi connectivity index (χ3n) is 3.66. The molecule has 0 radical (unpaired) electrons. The summed E-state index contributed by atoms with van der Waals surface area (Å²) in [5.41, 5.74) is 3.83. The molecule has 0 atom stereocenters. The normalized spacial score (nSPS) is 11.0. The number of hydrogen-bond donors (Lipinski definition) is 1. The number of rotatable bonds is 7. The number of ether oxygens (including phenoxy) is 1. The summed E-state index contributed by atoms with van der Waals surface area (Å²) in [6.45, 7) is 7.15. The highest BCUT2D eigenvalue weighted by molar-refractivity contribution is 9.10. The van der Waals surface area contributed by atoms with E-state index < -0.39 is 0 Å². The molecule has 0 fully saturated rings. The van der Waals surface area contributed by atoms with Crippen LogP contribution >= 0.6 is 15.9 Å². The molecule has 124 valence electrons. The molecule has 2 aromatic rings. The molecule has 0 aliphatic carbocycles. The van der Waals surface area contributed by atoms with E-state index in [4.69, 9.17) is 4.74 Å². The van der Waals surface area contributed by atoms with Crippen molar-refractivity contribution in [1.29, 1.82) is 0 Å². The van der Waals surface area contributed by atoms with Gasteiger partial charge in [-0.2, -0.15) is 0 Å². The first-order valence-electron chi connectivity index (χ1n) is 7.98. The number of halogens is 1. The van der Waals surface area contributed by atoms with Gasteiger partial charge in [-0.15, -0.1) is 0 Å². The molecular formula is C18H23BrN2O2. The Bertz CT molecular complexity index is 725. The molecule has 1 aromatic heterocycles. The molecule has 2 rings (SSSR count). The maximum Gasteiger partial charge on any atom is 0.254 e. The molecule has 23 heavy (non-hydrogen) atoms. The van der Waals surface area contributed by atoms with Crippen LogP contribution in [0.5, 0.6) is 0 Å². The number of aryl methyl sites for hydroxylation is 2. The predicted octanol–water partition coefficient (Wildman–Crippen LogP) is 3.92. The van der Waals surface area contributed by atoms with Gasteiger partial charge in [0, 0.05) is 23.1 Å². The maximum absolute atomic E-state index is 12.3. The van der Waals surface area contributed by atoms with Crippen LogP contribution in [0.4, 0.5) is 0 Å². The van der Waals surface area contributed by atoms with E-state index in [0.29, 0.717) is 25.5 Å². The van der Waals surface area contributed by atoms with E-state index in [9.17, 15) is 4.79 Å². The minimum Gasteiger partial charge on any atom is -0.377 e. The highest BCUT2D eigenvalue weighted by atomic mass is 79.9. The smallest absolute Gasteiger partial charge is 0.254 e. The molecule has 0 amide bonds. The van der Waals surface area contributed by atoms with E-state index in [0.717, 1.165) is 39.7 Å². The number of nitrogens with zero attached hydrogens (tertiary/aromatic N) is 1. The quantitative estimate of drug-likeness (QED) is 0.793. The Balaban J connectivity index is 2.33. The van der Waals surface area contributed by atoms with E-state index in [-0.39, 0.29) is 5.56 Å². The van der Waals surface area contributed by atoms with Gasteiger partial charge in [0.2, 0.25) is 0 Å². The second-order valence-corrected chi connectivity index (χ2v) is 6.42. The molecule has 0 unspecified atom stereocenters. The SMILES string of the molecule is CCCc1nc(C)[nH]c(=O)c1Cc1ccc(Br)c(COCC)c1. The van der Waals surface area contributed by atoms with Crippen molar-refractivity contribution in [3.8, 4) is 0 Å². The van der Waals surface area contributed by atoms with Gasteiger partial charge < -0.3 is 9.72 Å². The fourth-order valence-electron chi connectivity index (χ4n) is 2.56. The number of benzene rings is 1. The molecule has 1 N–H and O–H groups in total. The lowest BCUT2D eigenvalue weighted by molar-refractivity contribution is 0.133. The molecule has 0 saturated carbocycles. The Kier molecular flexibility index (Phi) is 6.54. The van der Waals surface area contributed by atoms with Crippen molar-refractivity contribution in [3.63, 3.8) is 0 Å². The van der Waals surface area contributed by atoms with E-state index in [1.165, 1.54) is 0 Å². The summed E-state index contributed by atoms with van der Waals surface area (Å²) in [5, 5.41) is 0. The summed E-state index contributed by atoms with van der Waals surface area (Å²) < 4.78 is 6.52. The number of aromatic nitrogens is 2. The summed E-state index contributed by atoms with van der Waals surface area (Å²) in [6, 6.07) is 6.14. The first-order valence-corrected chi connectivity index (χ1v) is 8.78. The molecule has 5 heteroatoms. The lowest BCUT2D eigenvalue weighted by Gasteiger charge is -2.11. The fraction of sp³-hybridized carbons (Fsp3) is 0.444. The van der Waals surface area contributed by atoms with Gasteiger partial charge in [0.15, 0.2) is 0 Å². The molecule has 0 aliphatic rings. The average Bonchev–Trinajstić information content (AvgIpc) is 2.51. The molecule has 0 aliphatic heterocycles. The minimum absolute atomic E-state index is 0.0322. The minimum atomic E-state index is -0.0322. The van der Waals surface area contributed by atoms with Crippen LogP contribution in [-0.4, -0.2) is 16.6 Å². The van der Waals surface area contributed by atoms with Crippen molar-refractivity contribution in [1.82, 2.24) is 9.97 Å². The third-order valence-corrected chi connectivity index (χ3v) is 4.43. The summed E-state index contributed by atoms with van der Waals surface area (Å²) in [6.07, 6.45) is 2.38. The Labute approximate surface area is 145 Å². The lowest BCUT2D eigenvalue weighted by atomic mass is 10.0. The van der Waals surface area contributed by atoms with Crippen LogP contribution in [0.15, 0.2) is 27.5 Å². The van der Waals surface area contributed by atoms with Gasteiger partial charge in [0.1, 0.15) is 5.82 Å². The van der Waals surface area contributed by atoms with E-state index in [1.807, 2.05) is 26.0 Å². The van der Waals surface area contributed by atoms with Crippen molar-refractivity contribution in [2.24, 2.45) is 0 Å². The highest BCUT2D eigenvalue weighted by Gasteiger charge is 2.12. The van der Waals surface area contributed by atoms with Gasteiger partial charge in [0.25, 0.3) is 5.56 Å². The molecule has 0 saturated heterocycles. The third kappa shape index (κ3) is 4.75. The molecule has 0 bridgehead atoms. The lowest BCUT2D eigenvalue weighted by Crippen LogP contribution is -2.19. The Morgan fingerprint density at radius 2 is 2.09 bits per heavy atom. The summed E-state index contributed by atoms with van der Waals surface area (Å²) in [7, 11) is 0. The largest absolute Gasteiger partial charge is 0.377 e. The van der Waals surface area contributed by atoms with Crippen molar-refractivity contribution in [2.75, 3.05) is 6.61 Å². The molecule has 1 heterocycles. The average molecular weight is 379 g/mol. The summed E-state index contributed by atoms with van der Waals surface area (Å²) >= 11 is 3.55. The molecule has 1 aromatic carbocycles. The monoisotopic (exact) mass is 378 g/mol. The van der Waals surface area contributed by atoms with Crippen LogP contribution in [-0.2, 0) is 24.2 Å². The van der Waals surface area contributed by atoms with Gasteiger partial charge in [-0.1, -0.05) is 41.4 Å². The Morgan fingerprint density at radius 3 is 2.78 bits per heavy atom. The van der Waals surface area contributed by atoms with Crippen molar-refractivity contribution >= 4 is 15.9 Å². The van der Waals surface area contributed by atoms with Gasteiger partial charge in [-0.3, -0.25) is 4.79 Å². The van der Waals surface area contributed by atoms with Gasteiger partial charge in [-0.05, 0) is 37.5 Å². The molecule has 0 spiro atoms. The fourth-order valence-corrected chi connectivity index (χ4v) is 2.92. The van der Waals surface area contributed by atoms with Crippen LogP contribution < -0.4 is 5.56 Å². The van der Waals surface area contributed by atoms with Crippen molar-refractivity contribution < 1.29 is 4.74 Å². The van der Waals surface area contributed by atoms with Crippen LogP contribution in [0.3, 0.4) is 0 Å². The van der Waals surface area contributed by atoms with Gasteiger partial charge >= 0.3 is 0 Å². The van der Waals surface area contributed by atoms with Gasteiger partial charge in [0.05, 0.1) is 12.3 Å². The van der Waals surface area contributed by atoms with E-state index >= 15 is 0 Å². The van der Waals surface area contributed by atoms with Crippen molar-refractivity contribution in [2.45, 2.75) is 46.6 Å². The second kappa shape index (κ2) is 8.41. The van der Waals surface area contributed by atoms with Gasteiger partial charge in [-0.25, -0.2) is 4.98 Å². The molecule has 4 nitrogen and oxygen atoms in total. The second-order valence-electron chi connectivity index (χ2n) is 5.57. The maximum atomic E-state index is 12.3. The zero-order chi connectivity index (χ0) is 16.8. The Hall–Kier alpha value is -1.46. The van der Waals surface area contributed by atoms with Crippen LogP contribution in [0.2, 0.25) is 0 Å². The Morgan fingerprint density at radius 1 is 1.30 bits per heavy atom.